The Labute approximate surface area is 224 Å². The summed E-state index contributed by atoms with van der Waals surface area (Å²) >= 11 is 6.13. The van der Waals surface area contributed by atoms with E-state index in [4.69, 9.17) is 21.8 Å². The first-order chi connectivity index (χ1) is 18.1. The van der Waals surface area contributed by atoms with Gasteiger partial charge in [-0.05, 0) is 77.2 Å². The van der Waals surface area contributed by atoms with E-state index in [0.29, 0.717) is 12.1 Å². The fourth-order valence-corrected chi connectivity index (χ4v) is 4.94. The molecular weight excluding hydrogens is 478 g/mol. The first-order valence-corrected chi connectivity index (χ1v) is 13.0. The van der Waals surface area contributed by atoms with Gasteiger partial charge in [0.15, 0.2) is 0 Å². The molecule has 37 heavy (non-hydrogen) atoms. The monoisotopic (exact) mass is 507 g/mol. The molecule has 0 bridgehead atoms. The van der Waals surface area contributed by atoms with E-state index in [9.17, 15) is 0 Å². The lowest BCUT2D eigenvalue weighted by molar-refractivity contribution is 0.249. The molecule has 0 amide bonds. The summed E-state index contributed by atoms with van der Waals surface area (Å²) in [4.78, 5) is 9.55. The molecule has 0 unspecified atom stereocenters. The molecule has 2 heterocycles. The number of piperazine rings is 1. The Morgan fingerprint density at radius 1 is 0.919 bits per heavy atom. The molecule has 0 radical (unpaired) electrons. The molecule has 1 saturated heterocycles. The number of hydrogen-bond donors (Lipinski definition) is 1. The van der Waals surface area contributed by atoms with Gasteiger partial charge in [-0.1, -0.05) is 48.0 Å². The van der Waals surface area contributed by atoms with Gasteiger partial charge in [-0.3, -0.25) is 4.90 Å². The number of halogens is 1. The molecule has 0 aliphatic carbocycles. The maximum Gasteiger partial charge on any atom is 0.128 e. The van der Waals surface area contributed by atoms with Crippen molar-refractivity contribution in [1.29, 1.82) is 5.26 Å². The van der Waals surface area contributed by atoms with E-state index in [1.807, 2.05) is 48.7 Å². The molecule has 1 aliphatic heterocycles. The Hall–Kier alpha value is -3.85. The smallest absolute Gasteiger partial charge is 0.128 e. The zero-order valence-corrected chi connectivity index (χ0v) is 21.7. The third kappa shape index (κ3) is 6.29. The van der Waals surface area contributed by atoms with Crippen LogP contribution in [0.5, 0.6) is 0 Å². The minimum absolute atomic E-state index is 0.676. The Morgan fingerprint density at radius 3 is 2.43 bits per heavy atom. The number of nitrogens with one attached hydrogen (secondary N) is 1. The fraction of sp³-hybridized carbons (Fsp3) is 0.226. The van der Waals surface area contributed by atoms with Crippen molar-refractivity contribution >= 4 is 23.1 Å². The summed E-state index contributed by atoms with van der Waals surface area (Å²) in [5.74, 6) is 1.02. The average molecular weight is 508 g/mol. The minimum Gasteiger partial charge on any atom is -0.380 e. The van der Waals surface area contributed by atoms with Crippen molar-refractivity contribution in [2.24, 2.45) is 0 Å². The normalized spacial score (nSPS) is 13.8. The third-order valence-electron chi connectivity index (χ3n) is 6.86. The van der Waals surface area contributed by atoms with Crippen LogP contribution in [0.25, 0.3) is 11.1 Å². The predicted octanol–water partition coefficient (Wildman–Crippen LogP) is 6.52. The SMILES string of the molecule is Cc1ccc(CNc2ccc(N3CCN(Cc4cccc(Cl)c4)CC3)nc2)cc1-c1ccc(C#N)cc1. The number of anilines is 2. The summed E-state index contributed by atoms with van der Waals surface area (Å²) in [6.07, 6.45) is 1.92. The molecule has 1 N–H and O–H groups in total. The second kappa shape index (κ2) is 11.5. The summed E-state index contributed by atoms with van der Waals surface area (Å²) in [7, 11) is 0. The summed E-state index contributed by atoms with van der Waals surface area (Å²) in [6.45, 7) is 7.68. The molecule has 3 aromatic carbocycles. The highest BCUT2D eigenvalue weighted by molar-refractivity contribution is 6.30. The van der Waals surface area contributed by atoms with Gasteiger partial charge in [0.1, 0.15) is 5.82 Å². The summed E-state index contributed by atoms with van der Waals surface area (Å²) in [6, 6.07) is 28.8. The number of benzene rings is 3. The number of hydrogen-bond acceptors (Lipinski definition) is 5. The number of rotatable bonds is 7. The Bertz CT molecular complexity index is 1380. The van der Waals surface area contributed by atoms with E-state index in [-0.39, 0.29) is 0 Å². The summed E-state index contributed by atoms with van der Waals surface area (Å²) < 4.78 is 0. The van der Waals surface area contributed by atoms with Crippen molar-refractivity contribution in [1.82, 2.24) is 9.88 Å². The quantitative estimate of drug-likeness (QED) is 0.309. The molecule has 1 fully saturated rings. The van der Waals surface area contributed by atoms with Crippen molar-refractivity contribution in [2.45, 2.75) is 20.0 Å². The van der Waals surface area contributed by atoms with Crippen LogP contribution >= 0.6 is 11.6 Å². The fourth-order valence-electron chi connectivity index (χ4n) is 4.72. The molecule has 0 spiro atoms. The second-order valence-corrected chi connectivity index (χ2v) is 9.93. The van der Waals surface area contributed by atoms with Gasteiger partial charge in [-0.25, -0.2) is 4.98 Å². The van der Waals surface area contributed by atoms with Crippen LogP contribution in [0.15, 0.2) is 85.1 Å². The molecule has 6 heteroatoms. The van der Waals surface area contributed by atoms with Crippen LogP contribution in [0, 0.1) is 18.3 Å². The van der Waals surface area contributed by atoms with Crippen molar-refractivity contribution < 1.29 is 0 Å². The zero-order valence-electron chi connectivity index (χ0n) is 21.0. The van der Waals surface area contributed by atoms with E-state index in [1.165, 1.54) is 22.3 Å². The molecule has 5 rings (SSSR count). The van der Waals surface area contributed by atoms with Crippen LogP contribution in [-0.4, -0.2) is 36.1 Å². The first-order valence-electron chi connectivity index (χ1n) is 12.6. The highest BCUT2D eigenvalue weighted by atomic mass is 35.5. The van der Waals surface area contributed by atoms with Gasteiger partial charge in [0.05, 0.1) is 23.5 Å². The third-order valence-corrected chi connectivity index (χ3v) is 7.10. The zero-order chi connectivity index (χ0) is 25.6. The van der Waals surface area contributed by atoms with E-state index in [0.717, 1.165) is 54.8 Å². The van der Waals surface area contributed by atoms with Gasteiger partial charge < -0.3 is 10.2 Å². The average Bonchev–Trinajstić information content (AvgIpc) is 2.93. The summed E-state index contributed by atoms with van der Waals surface area (Å²) in [5, 5.41) is 13.4. The standard InChI is InChI=1S/C31H30ClN5/c1-23-5-6-25(18-30(23)27-9-7-24(19-33)8-10-27)20-34-29-11-12-31(35-21-29)37-15-13-36(14-16-37)22-26-3-2-4-28(32)17-26/h2-12,17-18,21,34H,13-16,20,22H2,1H3. The number of aryl methyl sites for hydroxylation is 1. The Morgan fingerprint density at radius 2 is 1.73 bits per heavy atom. The first kappa shape index (κ1) is 24.8. The van der Waals surface area contributed by atoms with Crippen LogP contribution in [0.2, 0.25) is 5.02 Å². The van der Waals surface area contributed by atoms with Crippen LogP contribution in [-0.2, 0) is 13.1 Å². The maximum atomic E-state index is 9.06. The molecule has 4 aromatic rings. The van der Waals surface area contributed by atoms with Crippen LogP contribution in [0.1, 0.15) is 22.3 Å². The molecular formula is C31H30ClN5. The summed E-state index contributed by atoms with van der Waals surface area (Å²) in [5.41, 5.74) is 7.66. The lowest BCUT2D eigenvalue weighted by atomic mass is 9.97. The molecule has 0 saturated carbocycles. The molecule has 0 atom stereocenters. The van der Waals surface area contributed by atoms with E-state index in [1.54, 1.807) is 0 Å². The molecule has 186 valence electrons. The van der Waals surface area contributed by atoms with Crippen molar-refractivity contribution in [2.75, 3.05) is 36.4 Å². The highest BCUT2D eigenvalue weighted by Gasteiger charge is 2.18. The number of nitrogens with zero attached hydrogens (tertiary/aromatic N) is 4. The number of pyridine rings is 1. The molecule has 1 aromatic heterocycles. The highest BCUT2D eigenvalue weighted by Crippen LogP contribution is 2.26. The van der Waals surface area contributed by atoms with Gasteiger partial charge >= 0.3 is 0 Å². The van der Waals surface area contributed by atoms with Crippen LogP contribution in [0.3, 0.4) is 0 Å². The van der Waals surface area contributed by atoms with Gasteiger partial charge in [0.25, 0.3) is 0 Å². The Balaban J connectivity index is 1.15. The largest absolute Gasteiger partial charge is 0.380 e. The lowest BCUT2D eigenvalue weighted by Gasteiger charge is -2.35. The van der Waals surface area contributed by atoms with E-state index < -0.39 is 0 Å². The predicted molar refractivity (Wildman–Crippen MR) is 152 cm³/mol. The molecule has 5 nitrogen and oxygen atoms in total. The van der Waals surface area contributed by atoms with E-state index >= 15 is 0 Å². The topological polar surface area (TPSA) is 55.2 Å². The van der Waals surface area contributed by atoms with Gasteiger partial charge in [0.2, 0.25) is 0 Å². The van der Waals surface area contributed by atoms with Crippen LogP contribution < -0.4 is 10.2 Å². The van der Waals surface area contributed by atoms with E-state index in [2.05, 4.69) is 64.5 Å². The Kier molecular flexibility index (Phi) is 7.70. The second-order valence-electron chi connectivity index (χ2n) is 9.49. The minimum atomic E-state index is 0.676. The van der Waals surface area contributed by atoms with Crippen molar-refractivity contribution in [3.63, 3.8) is 0 Å². The van der Waals surface area contributed by atoms with Crippen molar-refractivity contribution in [3.8, 4) is 17.2 Å². The van der Waals surface area contributed by atoms with Gasteiger partial charge in [0, 0.05) is 44.3 Å². The molecule has 1 aliphatic rings. The number of nitriles is 1. The van der Waals surface area contributed by atoms with Crippen LogP contribution in [0.4, 0.5) is 11.5 Å². The maximum absolute atomic E-state index is 9.06. The van der Waals surface area contributed by atoms with Gasteiger partial charge in [-0.15, -0.1) is 0 Å². The lowest BCUT2D eigenvalue weighted by Crippen LogP contribution is -2.46. The van der Waals surface area contributed by atoms with Crippen molar-refractivity contribution in [3.05, 3.63) is 112 Å². The van der Waals surface area contributed by atoms with Gasteiger partial charge in [-0.2, -0.15) is 5.26 Å². The number of aromatic nitrogens is 1.